The van der Waals surface area contributed by atoms with E-state index in [0.29, 0.717) is 47.0 Å². The fourth-order valence-corrected chi connectivity index (χ4v) is 4.29. The molecule has 9 heteroatoms. The van der Waals surface area contributed by atoms with E-state index in [2.05, 4.69) is 20.3 Å². The van der Waals surface area contributed by atoms with E-state index in [1.165, 1.54) is 0 Å². The number of nitrogens with one attached hydrogen (secondary N) is 1. The van der Waals surface area contributed by atoms with Gasteiger partial charge in [-0.15, -0.1) is 0 Å². The van der Waals surface area contributed by atoms with Crippen LogP contribution in [0, 0.1) is 0 Å². The SMILES string of the molecule is C[C@@H]1OC(=O)c2ccc(Nc3cc4c(C(C)(C)N)cnc(O[C@H]5C[C@H](F)C5)c4cn3)nc2[C@H]1C. The number of carbonyl (C=O) groups excluding carboxylic acids is 1. The van der Waals surface area contributed by atoms with Gasteiger partial charge in [0.15, 0.2) is 0 Å². The van der Waals surface area contributed by atoms with Crippen LogP contribution in [0.3, 0.4) is 0 Å². The summed E-state index contributed by atoms with van der Waals surface area (Å²) >= 11 is 0. The summed E-state index contributed by atoms with van der Waals surface area (Å²) in [4.78, 5) is 25.9. The number of hydrogen-bond acceptors (Lipinski definition) is 8. The summed E-state index contributed by atoms with van der Waals surface area (Å²) < 4.78 is 24.6. The van der Waals surface area contributed by atoms with E-state index in [0.717, 1.165) is 10.9 Å². The van der Waals surface area contributed by atoms with Crippen LogP contribution in [0.5, 0.6) is 5.88 Å². The molecule has 3 aromatic heterocycles. The van der Waals surface area contributed by atoms with Gasteiger partial charge < -0.3 is 20.5 Å². The first-order valence-corrected chi connectivity index (χ1v) is 11.5. The van der Waals surface area contributed by atoms with E-state index in [1.54, 1.807) is 24.5 Å². The highest BCUT2D eigenvalue weighted by atomic mass is 19.1. The molecule has 8 nitrogen and oxygen atoms in total. The van der Waals surface area contributed by atoms with Crippen LogP contribution in [0.2, 0.25) is 0 Å². The van der Waals surface area contributed by atoms with Gasteiger partial charge in [0.05, 0.1) is 16.6 Å². The van der Waals surface area contributed by atoms with Crippen molar-refractivity contribution in [3.63, 3.8) is 0 Å². The van der Waals surface area contributed by atoms with Crippen molar-refractivity contribution >= 4 is 28.4 Å². The zero-order valence-electron chi connectivity index (χ0n) is 19.6. The molecule has 1 fully saturated rings. The smallest absolute Gasteiger partial charge is 0.340 e. The second-order valence-corrected chi connectivity index (χ2v) is 9.78. The zero-order valence-corrected chi connectivity index (χ0v) is 19.6. The number of nitrogens with zero attached hydrogens (tertiary/aromatic N) is 3. The molecule has 0 aromatic carbocycles. The van der Waals surface area contributed by atoms with Gasteiger partial charge in [0.1, 0.15) is 30.0 Å². The van der Waals surface area contributed by atoms with E-state index in [4.69, 9.17) is 15.2 Å². The van der Waals surface area contributed by atoms with Gasteiger partial charge in [-0.1, -0.05) is 6.92 Å². The summed E-state index contributed by atoms with van der Waals surface area (Å²) in [6.07, 6.45) is 2.88. The van der Waals surface area contributed by atoms with Crippen LogP contribution in [0.25, 0.3) is 10.8 Å². The van der Waals surface area contributed by atoms with E-state index in [1.807, 2.05) is 33.8 Å². The maximum absolute atomic E-state index is 13.3. The average Bonchev–Trinajstić information content (AvgIpc) is 2.75. The quantitative estimate of drug-likeness (QED) is 0.530. The molecular weight excluding hydrogens is 437 g/mol. The first-order chi connectivity index (χ1) is 16.1. The number of nitrogens with two attached hydrogens (primary N) is 1. The maximum Gasteiger partial charge on any atom is 0.340 e. The van der Waals surface area contributed by atoms with E-state index in [9.17, 15) is 9.18 Å². The number of halogens is 1. The van der Waals surface area contributed by atoms with E-state index < -0.39 is 11.7 Å². The zero-order chi connectivity index (χ0) is 24.2. The number of ether oxygens (including phenoxy) is 2. The van der Waals surface area contributed by atoms with Gasteiger partial charge in [0.2, 0.25) is 5.88 Å². The normalized spacial score (nSPS) is 24.2. The minimum absolute atomic E-state index is 0.0233. The van der Waals surface area contributed by atoms with Gasteiger partial charge in [-0.05, 0) is 49.9 Å². The Labute approximate surface area is 197 Å². The third-order valence-corrected chi connectivity index (χ3v) is 6.57. The van der Waals surface area contributed by atoms with Crippen molar-refractivity contribution in [1.82, 2.24) is 15.0 Å². The van der Waals surface area contributed by atoms with Crippen molar-refractivity contribution in [3.8, 4) is 5.88 Å². The van der Waals surface area contributed by atoms with Crippen LogP contribution in [0.1, 0.15) is 68.1 Å². The summed E-state index contributed by atoms with van der Waals surface area (Å²) in [5.74, 6) is 1.18. The molecule has 34 heavy (non-hydrogen) atoms. The van der Waals surface area contributed by atoms with Gasteiger partial charge >= 0.3 is 5.97 Å². The van der Waals surface area contributed by atoms with Gasteiger partial charge in [0, 0.05) is 36.7 Å². The van der Waals surface area contributed by atoms with E-state index >= 15 is 0 Å². The number of alkyl halides is 1. The van der Waals surface area contributed by atoms with Gasteiger partial charge in [0.25, 0.3) is 0 Å². The Kier molecular flexibility index (Phi) is 5.39. The second-order valence-electron chi connectivity index (χ2n) is 9.78. The average molecular weight is 466 g/mol. The molecule has 0 unspecified atom stereocenters. The predicted molar refractivity (Wildman–Crippen MR) is 126 cm³/mol. The lowest BCUT2D eigenvalue weighted by molar-refractivity contribution is 0.0235. The van der Waals surface area contributed by atoms with Crippen molar-refractivity contribution in [2.45, 2.75) is 70.4 Å². The van der Waals surface area contributed by atoms with Gasteiger partial charge in [-0.3, -0.25) is 0 Å². The van der Waals surface area contributed by atoms with Crippen molar-refractivity contribution in [2.24, 2.45) is 5.73 Å². The number of aromatic nitrogens is 3. The fourth-order valence-electron chi connectivity index (χ4n) is 4.29. The fraction of sp³-hybridized carbons (Fsp3) is 0.440. The number of cyclic esters (lactones) is 1. The number of rotatable bonds is 5. The molecule has 3 N–H and O–H groups in total. The van der Waals surface area contributed by atoms with Crippen LogP contribution < -0.4 is 15.8 Å². The number of anilines is 2. The largest absolute Gasteiger partial charge is 0.474 e. The van der Waals surface area contributed by atoms with Crippen molar-refractivity contribution in [3.05, 3.63) is 47.4 Å². The lowest BCUT2D eigenvalue weighted by atomic mass is 9.92. The summed E-state index contributed by atoms with van der Waals surface area (Å²) in [6.45, 7) is 7.66. The van der Waals surface area contributed by atoms with Crippen molar-refractivity contribution < 1.29 is 18.7 Å². The molecule has 0 amide bonds. The van der Waals surface area contributed by atoms with Crippen LogP contribution in [-0.2, 0) is 10.3 Å². The lowest BCUT2D eigenvalue weighted by Crippen LogP contribution is -2.35. The third kappa shape index (κ3) is 4.04. The molecule has 3 aromatic rings. The molecule has 0 bridgehead atoms. The predicted octanol–water partition coefficient (Wildman–Crippen LogP) is 4.50. The number of hydrogen-bond donors (Lipinski definition) is 2. The molecule has 2 aliphatic rings. The lowest BCUT2D eigenvalue weighted by Gasteiger charge is -2.30. The summed E-state index contributed by atoms with van der Waals surface area (Å²) in [5, 5.41) is 4.80. The Morgan fingerprint density at radius 1 is 1.15 bits per heavy atom. The molecule has 5 rings (SSSR count). The monoisotopic (exact) mass is 465 g/mol. The Morgan fingerprint density at radius 3 is 2.62 bits per heavy atom. The van der Waals surface area contributed by atoms with Crippen LogP contribution in [0.15, 0.2) is 30.6 Å². The summed E-state index contributed by atoms with van der Waals surface area (Å²) in [7, 11) is 0. The highest BCUT2D eigenvalue weighted by Gasteiger charge is 2.33. The van der Waals surface area contributed by atoms with E-state index in [-0.39, 0.29) is 24.1 Å². The Hall–Kier alpha value is -3.33. The number of pyridine rings is 3. The molecule has 0 saturated heterocycles. The highest BCUT2D eigenvalue weighted by molar-refractivity contribution is 5.93. The number of carbonyl (C=O) groups is 1. The topological polar surface area (TPSA) is 112 Å². The molecule has 1 saturated carbocycles. The molecule has 178 valence electrons. The third-order valence-electron chi connectivity index (χ3n) is 6.57. The molecule has 1 aliphatic heterocycles. The Bertz CT molecular complexity index is 1270. The van der Waals surface area contributed by atoms with Gasteiger partial charge in [-0.25, -0.2) is 24.1 Å². The van der Waals surface area contributed by atoms with Gasteiger partial charge in [-0.2, -0.15) is 0 Å². The number of fused-ring (bicyclic) bond motifs is 2. The molecular formula is C25H28FN5O3. The van der Waals surface area contributed by atoms with Crippen LogP contribution in [0.4, 0.5) is 16.0 Å². The Balaban J connectivity index is 1.50. The maximum atomic E-state index is 13.3. The molecule has 0 radical (unpaired) electrons. The second kappa shape index (κ2) is 8.16. The minimum Gasteiger partial charge on any atom is -0.474 e. The van der Waals surface area contributed by atoms with Crippen LogP contribution in [-0.4, -0.2) is 39.3 Å². The molecule has 4 heterocycles. The van der Waals surface area contributed by atoms with Crippen molar-refractivity contribution in [2.75, 3.05) is 5.32 Å². The highest BCUT2D eigenvalue weighted by Crippen LogP contribution is 2.36. The standard InChI is InChI=1S/C25H28FN5O3/c1-12-13(2)33-24(32)16-5-6-20(31-22(12)16)30-21-9-17-18(10-28-21)23(34-15-7-14(26)8-15)29-11-19(17)25(3,4)27/h5-6,9-15H,7-8,27H2,1-4H3,(H,28,30,31)/t12-,13-,14-,15-/m0/s1. The first-order valence-electron chi connectivity index (χ1n) is 11.5. The summed E-state index contributed by atoms with van der Waals surface area (Å²) in [6, 6.07) is 5.33. The first kappa shape index (κ1) is 22.5. The van der Waals surface area contributed by atoms with Crippen LogP contribution >= 0.6 is 0 Å². The minimum atomic E-state index is -0.816. The molecule has 1 aliphatic carbocycles. The molecule has 2 atom stereocenters. The Morgan fingerprint density at radius 2 is 1.91 bits per heavy atom. The molecule has 0 spiro atoms. The number of esters is 1. The van der Waals surface area contributed by atoms with Crippen molar-refractivity contribution in [1.29, 1.82) is 0 Å². The summed E-state index contributed by atoms with van der Waals surface area (Å²) in [5.41, 5.74) is 7.78.